The van der Waals surface area contributed by atoms with Crippen molar-refractivity contribution in [1.82, 2.24) is 0 Å². The zero-order valence-corrected chi connectivity index (χ0v) is 24.3. The molecule has 212 valence electrons. The van der Waals surface area contributed by atoms with Crippen molar-refractivity contribution in [3.8, 4) is 0 Å². The second-order valence-corrected chi connectivity index (χ2v) is 11.2. The Morgan fingerprint density at radius 1 is 0.889 bits per heavy atom. The Hall–Kier alpha value is -1.81. The SMILES string of the molecule is CCC(C)(C)C(=O)OCC(O)COC(=O)CCSCC(C)C(N)=O.CCCCOC(=O)C(C)(C)CC. The largest absolute Gasteiger partial charge is 0.465 e. The fourth-order valence-corrected chi connectivity index (χ4v) is 2.96. The number of ether oxygens (including phenoxy) is 3. The monoisotopic (exact) mass is 535 g/mol. The molecule has 2 unspecified atom stereocenters. The maximum Gasteiger partial charge on any atom is 0.311 e. The number of rotatable bonds is 17. The number of unbranched alkanes of at least 4 members (excludes halogenated alkanes) is 1. The lowest BCUT2D eigenvalue weighted by atomic mass is 9.91. The second-order valence-electron chi connectivity index (χ2n) is 10.0. The number of hydrogen-bond acceptors (Lipinski definition) is 9. The highest BCUT2D eigenvalue weighted by atomic mass is 32.2. The van der Waals surface area contributed by atoms with Crippen LogP contribution in [0.3, 0.4) is 0 Å². The Morgan fingerprint density at radius 3 is 1.86 bits per heavy atom. The number of aliphatic hydroxyl groups is 1. The molecule has 0 heterocycles. The van der Waals surface area contributed by atoms with Crippen LogP contribution in [0.15, 0.2) is 0 Å². The summed E-state index contributed by atoms with van der Waals surface area (Å²) in [5.41, 5.74) is 4.22. The summed E-state index contributed by atoms with van der Waals surface area (Å²) in [6.07, 6.45) is 2.62. The molecule has 0 aliphatic rings. The third-order valence-electron chi connectivity index (χ3n) is 5.75. The van der Waals surface area contributed by atoms with Gasteiger partial charge in [-0.25, -0.2) is 0 Å². The molecule has 0 aromatic rings. The minimum absolute atomic E-state index is 0.0709. The number of amides is 1. The maximum atomic E-state index is 11.7. The molecule has 0 bridgehead atoms. The maximum absolute atomic E-state index is 11.7. The molecule has 3 N–H and O–H groups in total. The molecule has 0 spiro atoms. The van der Waals surface area contributed by atoms with Gasteiger partial charge in [-0.1, -0.05) is 34.1 Å². The van der Waals surface area contributed by atoms with Crippen molar-refractivity contribution in [2.24, 2.45) is 22.5 Å². The first kappa shape index (κ1) is 36.3. The third-order valence-corrected chi connectivity index (χ3v) is 6.98. The lowest BCUT2D eigenvalue weighted by molar-refractivity contribution is -0.159. The van der Waals surface area contributed by atoms with Gasteiger partial charge < -0.3 is 25.1 Å². The van der Waals surface area contributed by atoms with Gasteiger partial charge in [-0.05, 0) is 47.0 Å². The van der Waals surface area contributed by atoms with Crippen LogP contribution in [0, 0.1) is 16.7 Å². The van der Waals surface area contributed by atoms with Gasteiger partial charge in [0.05, 0.1) is 23.9 Å². The highest BCUT2D eigenvalue weighted by Crippen LogP contribution is 2.22. The molecule has 0 aliphatic carbocycles. The van der Waals surface area contributed by atoms with Crippen molar-refractivity contribution in [2.75, 3.05) is 31.3 Å². The standard InChI is InChI=1S/C16H29NO6S.C10H20O2/c1-5-16(3,4)15(21)23-9-12(18)8-22-13(19)6-7-24-10-11(2)14(17)20;1-5-7-8-12-9(11)10(3,4)6-2/h11-12,18H,5-10H2,1-4H3,(H2,17,20);5-8H2,1-4H3. The summed E-state index contributed by atoms with van der Waals surface area (Å²) in [4.78, 5) is 45.5. The van der Waals surface area contributed by atoms with Crippen molar-refractivity contribution in [3.05, 3.63) is 0 Å². The average molecular weight is 536 g/mol. The second kappa shape index (κ2) is 19.3. The number of primary amides is 1. The van der Waals surface area contributed by atoms with Crippen LogP contribution in [0.4, 0.5) is 0 Å². The molecular weight excluding hydrogens is 486 g/mol. The van der Waals surface area contributed by atoms with Crippen LogP contribution in [0.2, 0.25) is 0 Å². The van der Waals surface area contributed by atoms with E-state index in [0.29, 0.717) is 24.5 Å². The van der Waals surface area contributed by atoms with Gasteiger partial charge in [-0.2, -0.15) is 11.8 Å². The normalized spacial score (nSPS) is 13.0. The van der Waals surface area contributed by atoms with E-state index < -0.39 is 23.5 Å². The summed E-state index contributed by atoms with van der Waals surface area (Å²) in [7, 11) is 0. The highest BCUT2D eigenvalue weighted by molar-refractivity contribution is 7.99. The fourth-order valence-electron chi connectivity index (χ4n) is 1.97. The number of carbonyl (C=O) groups excluding carboxylic acids is 4. The first-order chi connectivity index (χ1) is 16.6. The summed E-state index contributed by atoms with van der Waals surface area (Å²) < 4.78 is 15.0. The van der Waals surface area contributed by atoms with Gasteiger partial charge in [0.1, 0.15) is 19.3 Å². The molecule has 0 radical (unpaired) electrons. The van der Waals surface area contributed by atoms with Crippen molar-refractivity contribution < 1.29 is 38.5 Å². The predicted molar refractivity (Wildman–Crippen MR) is 142 cm³/mol. The first-order valence-corrected chi connectivity index (χ1v) is 13.8. The van der Waals surface area contributed by atoms with Crippen LogP contribution in [-0.4, -0.2) is 66.4 Å². The van der Waals surface area contributed by atoms with E-state index in [1.807, 2.05) is 27.7 Å². The molecule has 10 heteroatoms. The zero-order chi connectivity index (χ0) is 28.4. The molecule has 36 heavy (non-hydrogen) atoms. The van der Waals surface area contributed by atoms with Crippen LogP contribution in [-0.2, 0) is 33.4 Å². The summed E-state index contributed by atoms with van der Waals surface area (Å²) in [5, 5.41) is 9.68. The molecule has 2 atom stereocenters. The molecule has 0 aliphatic heterocycles. The molecule has 0 aromatic carbocycles. The quantitative estimate of drug-likeness (QED) is 0.161. The Morgan fingerprint density at radius 2 is 1.39 bits per heavy atom. The van der Waals surface area contributed by atoms with Gasteiger partial charge >= 0.3 is 17.9 Å². The van der Waals surface area contributed by atoms with Crippen LogP contribution < -0.4 is 5.73 Å². The van der Waals surface area contributed by atoms with Crippen LogP contribution in [0.1, 0.15) is 87.5 Å². The van der Waals surface area contributed by atoms with Crippen LogP contribution >= 0.6 is 11.8 Å². The van der Waals surface area contributed by atoms with Gasteiger partial charge in [0.15, 0.2) is 0 Å². The fraction of sp³-hybridized carbons (Fsp3) is 0.846. The van der Waals surface area contributed by atoms with Gasteiger partial charge in [-0.15, -0.1) is 0 Å². The molecule has 0 fully saturated rings. The van der Waals surface area contributed by atoms with Gasteiger partial charge in [0.2, 0.25) is 5.91 Å². The molecule has 0 saturated heterocycles. The number of nitrogens with two attached hydrogens (primary N) is 1. The number of esters is 3. The molecule has 1 amide bonds. The zero-order valence-electron chi connectivity index (χ0n) is 23.5. The summed E-state index contributed by atoms with van der Waals surface area (Å²) in [5.74, 6) is -0.466. The number of carbonyl (C=O) groups is 4. The van der Waals surface area contributed by atoms with Crippen molar-refractivity contribution in [1.29, 1.82) is 0 Å². The molecule has 0 aromatic heterocycles. The van der Waals surface area contributed by atoms with E-state index >= 15 is 0 Å². The average Bonchev–Trinajstić information content (AvgIpc) is 2.83. The van der Waals surface area contributed by atoms with Crippen LogP contribution in [0.5, 0.6) is 0 Å². The topological polar surface area (TPSA) is 142 Å². The highest BCUT2D eigenvalue weighted by Gasteiger charge is 2.28. The Balaban J connectivity index is 0. The summed E-state index contributed by atoms with van der Waals surface area (Å²) >= 11 is 1.44. The minimum Gasteiger partial charge on any atom is -0.465 e. The lowest BCUT2D eigenvalue weighted by Gasteiger charge is -2.21. The molecule has 0 rings (SSSR count). The van der Waals surface area contributed by atoms with Gasteiger partial charge in [0.25, 0.3) is 0 Å². The lowest BCUT2D eigenvalue weighted by Crippen LogP contribution is -2.31. The third kappa shape index (κ3) is 17.6. The Bertz CT molecular complexity index is 666. The van der Waals surface area contributed by atoms with E-state index in [2.05, 4.69) is 6.92 Å². The Labute approximate surface area is 221 Å². The van der Waals surface area contributed by atoms with Crippen molar-refractivity contribution in [3.63, 3.8) is 0 Å². The molecule has 9 nitrogen and oxygen atoms in total. The smallest absolute Gasteiger partial charge is 0.311 e. The van der Waals surface area contributed by atoms with E-state index in [1.165, 1.54) is 11.8 Å². The van der Waals surface area contributed by atoms with Gasteiger partial charge in [-0.3, -0.25) is 19.2 Å². The van der Waals surface area contributed by atoms with E-state index in [1.54, 1.807) is 20.8 Å². The minimum atomic E-state index is -1.05. The van der Waals surface area contributed by atoms with Crippen molar-refractivity contribution >= 4 is 35.6 Å². The summed E-state index contributed by atoms with van der Waals surface area (Å²) in [6, 6.07) is 0. The van der Waals surface area contributed by atoms with Gasteiger partial charge in [0, 0.05) is 17.4 Å². The Kier molecular flexibility index (Phi) is 19.5. The van der Waals surface area contributed by atoms with Crippen molar-refractivity contribution in [2.45, 2.75) is 93.6 Å². The molecule has 0 saturated carbocycles. The number of hydrogen-bond donors (Lipinski definition) is 2. The molecular formula is C26H49NO8S. The van der Waals surface area contributed by atoms with E-state index in [-0.39, 0.29) is 42.8 Å². The summed E-state index contributed by atoms with van der Waals surface area (Å²) in [6.45, 7) is 15.2. The number of thioether (sulfide) groups is 1. The first-order valence-electron chi connectivity index (χ1n) is 12.7. The van der Waals surface area contributed by atoms with E-state index in [4.69, 9.17) is 19.9 Å². The predicted octanol–water partition coefficient (Wildman–Crippen LogP) is 3.88. The number of aliphatic hydroxyl groups excluding tert-OH is 1. The van der Waals surface area contributed by atoms with E-state index in [9.17, 15) is 24.3 Å². The van der Waals surface area contributed by atoms with Crippen LogP contribution in [0.25, 0.3) is 0 Å². The van der Waals surface area contributed by atoms with E-state index in [0.717, 1.165) is 19.3 Å².